The van der Waals surface area contributed by atoms with Crippen molar-refractivity contribution in [3.05, 3.63) is 0 Å². The minimum Gasteiger partial charge on any atom is -0.462 e. The number of carbonyl (C=O) groups is 3. The molecule has 7 nitrogen and oxygen atoms in total. The van der Waals surface area contributed by atoms with Gasteiger partial charge in [-0.05, 0) is 103 Å². The van der Waals surface area contributed by atoms with E-state index in [9.17, 15) is 14.4 Å². The molecule has 324 valence electrons. The smallest absolute Gasteiger partial charge is 0.306 e. The number of hydrogen-bond donors (Lipinski definition) is 0. The number of nitrogens with zero attached hydrogens (tertiary/aromatic N) is 2. The fourth-order valence-electron chi connectivity index (χ4n) is 7.82. The maximum absolute atomic E-state index is 13.8. The van der Waals surface area contributed by atoms with E-state index >= 15 is 0 Å². The van der Waals surface area contributed by atoms with E-state index in [0.29, 0.717) is 44.0 Å². The molecule has 1 saturated heterocycles. The first-order valence-electron chi connectivity index (χ1n) is 23.9. The van der Waals surface area contributed by atoms with E-state index in [2.05, 4.69) is 39.5 Å². The lowest BCUT2D eigenvalue weighted by atomic mass is 10.0. The highest BCUT2D eigenvalue weighted by molar-refractivity contribution is 8.14. The lowest BCUT2D eigenvalue weighted by Gasteiger charge is -2.25. The summed E-state index contributed by atoms with van der Waals surface area (Å²) in [6, 6.07) is 0. The van der Waals surface area contributed by atoms with E-state index in [1.54, 1.807) is 0 Å². The van der Waals surface area contributed by atoms with Gasteiger partial charge in [-0.25, -0.2) is 0 Å². The van der Waals surface area contributed by atoms with Crippen molar-refractivity contribution in [2.24, 2.45) is 0 Å². The van der Waals surface area contributed by atoms with Crippen molar-refractivity contribution in [1.82, 2.24) is 9.80 Å². The third-order valence-electron chi connectivity index (χ3n) is 11.5. The number of unbranched alkanes of at least 4 members (excludes halogenated alkanes) is 16. The number of ether oxygens (including phenoxy) is 2. The summed E-state index contributed by atoms with van der Waals surface area (Å²) >= 11 is 1.48. The molecule has 0 radical (unpaired) electrons. The largest absolute Gasteiger partial charge is 0.462 e. The molecule has 55 heavy (non-hydrogen) atoms. The Hall–Kier alpha value is -1.28. The minimum atomic E-state index is -0.130. The van der Waals surface area contributed by atoms with Crippen LogP contribution in [-0.4, -0.2) is 77.2 Å². The molecule has 0 saturated carbocycles. The molecule has 1 fully saturated rings. The molecule has 0 aliphatic carbocycles. The molecular formula is C47H90N2O5S. The molecule has 1 aliphatic rings. The SMILES string of the molecule is CCCCCCCC(CCCCCCC)OC(=O)CCCN(CCCC(=O)OC(CCCCCCC)CCCCCCC)C(=O)SC1CCCN(CC)CC1. The van der Waals surface area contributed by atoms with Gasteiger partial charge in [-0.2, -0.15) is 0 Å². The highest BCUT2D eigenvalue weighted by Crippen LogP contribution is 2.27. The molecule has 1 rings (SSSR count). The van der Waals surface area contributed by atoms with Crippen molar-refractivity contribution >= 4 is 28.9 Å². The summed E-state index contributed by atoms with van der Waals surface area (Å²) in [6.07, 6.45) is 33.1. The molecule has 0 aromatic heterocycles. The van der Waals surface area contributed by atoms with Gasteiger partial charge in [0.2, 0.25) is 0 Å². The Kier molecular flexibility index (Phi) is 34.8. The van der Waals surface area contributed by atoms with Gasteiger partial charge < -0.3 is 19.3 Å². The second-order valence-corrected chi connectivity index (χ2v) is 17.9. The van der Waals surface area contributed by atoms with Crippen LogP contribution in [0.15, 0.2) is 0 Å². The molecule has 1 heterocycles. The van der Waals surface area contributed by atoms with E-state index in [1.165, 1.54) is 114 Å². The fraction of sp³-hybridized carbons (Fsp3) is 0.936. The third kappa shape index (κ3) is 29.6. The summed E-state index contributed by atoms with van der Waals surface area (Å²) in [5.41, 5.74) is 0. The molecule has 1 aliphatic heterocycles. The second-order valence-electron chi connectivity index (χ2n) is 16.6. The maximum Gasteiger partial charge on any atom is 0.306 e. The number of likely N-dealkylation sites (tertiary alicyclic amines) is 1. The molecular weight excluding hydrogens is 705 g/mol. The van der Waals surface area contributed by atoms with Gasteiger partial charge in [0.05, 0.1) is 0 Å². The van der Waals surface area contributed by atoms with Crippen molar-refractivity contribution < 1.29 is 23.9 Å². The van der Waals surface area contributed by atoms with E-state index in [-0.39, 0.29) is 29.4 Å². The van der Waals surface area contributed by atoms with Gasteiger partial charge in [0, 0.05) is 31.2 Å². The lowest BCUT2D eigenvalue weighted by Crippen LogP contribution is -2.32. The Bertz CT molecular complexity index is 840. The molecule has 0 spiro atoms. The minimum absolute atomic E-state index is 0.00415. The number of esters is 2. The van der Waals surface area contributed by atoms with Crippen LogP contribution < -0.4 is 0 Å². The van der Waals surface area contributed by atoms with Gasteiger partial charge in [-0.15, -0.1) is 0 Å². The number of carbonyl (C=O) groups excluding carboxylic acids is 3. The van der Waals surface area contributed by atoms with Gasteiger partial charge in [-0.1, -0.05) is 149 Å². The topological polar surface area (TPSA) is 76.1 Å². The quantitative estimate of drug-likeness (QED) is 0.0462. The molecule has 1 amide bonds. The Morgan fingerprint density at radius 3 is 1.33 bits per heavy atom. The van der Waals surface area contributed by atoms with Gasteiger partial charge in [-0.3, -0.25) is 14.4 Å². The molecule has 1 unspecified atom stereocenters. The van der Waals surface area contributed by atoms with Crippen LogP contribution >= 0.6 is 11.8 Å². The summed E-state index contributed by atoms with van der Waals surface area (Å²) in [4.78, 5) is 44.5. The van der Waals surface area contributed by atoms with Crippen LogP contribution in [0.25, 0.3) is 0 Å². The fourth-order valence-corrected chi connectivity index (χ4v) is 8.94. The molecule has 0 bridgehead atoms. The van der Waals surface area contributed by atoms with Crippen molar-refractivity contribution in [3.8, 4) is 0 Å². The van der Waals surface area contributed by atoms with Crippen LogP contribution in [0.5, 0.6) is 0 Å². The summed E-state index contributed by atoms with van der Waals surface area (Å²) < 4.78 is 12.2. The standard InChI is InChI=1S/C47H90N2O5S/c1-6-11-15-19-23-30-42(31-24-20-16-12-7-2)53-45(50)35-28-39-49(47(52)55-44-34-27-38-48(10-5)41-37-44)40-29-36-46(51)54-43(32-25-21-17-13-8-3)33-26-22-18-14-9-4/h42-44H,6-41H2,1-5H3. The number of thioether (sulfide) groups is 1. The van der Waals surface area contributed by atoms with Crippen LogP contribution in [0.3, 0.4) is 0 Å². The van der Waals surface area contributed by atoms with Gasteiger partial charge in [0.1, 0.15) is 12.2 Å². The number of rotatable bonds is 36. The Balaban J connectivity index is 2.78. The number of hydrogen-bond acceptors (Lipinski definition) is 7. The molecule has 8 heteroatoms. The highest BCUT2D eigenvalue weighted by atomic mass is 32.2. The highest BCUT2D eigenvalue weighted by Gasteiger charge is 2.24. The van der Waals surface area contributed by atoms with Gasteiger partial charge >= 0.3 is 11.9 Å². The first-order chi connectivity index (χ1) is 26.9. The zero-order valence-corrected chi connectivity index (χ0v) is 37.8. The molecule has 1 atom stereocenters. The molecule has 0 N–H and O–H groups in total. The Morgan fingerprint density at radius 2 is 0.945 bits per heavy atom. The normalized spacial score (nSPS) is 15.1. The van der Waals surface area contributed by atoms with E-state index in [4.69, 9.17) is 9.47 Å². The monoisotopic (exact) mass is 795 g/mol. The zero-order valence-electron chi connectivity index (χ0n) is 37.0. The van der Waals surface area contributed by atoms with Crippen molar-refractivity contribution in [1.29, 1.82) is 0 Å². The van der Waals surface area contributed by atoms with Crippen LogP contribution in [0, 0.1) is 0 Å². The predicted molar refractivity (Wildman–Crippen MR) is 236 cm³/mol. The summed E-state index contributed by atoms with van der Waals surface area (Å²) in [5.74, 6) is -0.260. The summed E-state index contributed by atoms with van der Waals surface area (Å²) in [6.45, 7) is 15.4. The Morgan fingerprint density at radius 1 is 0.545 bits per heavy atom. The molecule has 0 aromatic rings. The van der Waals surface area contributed by atoms with Crippen LogP contribution in [0.4, 0.5) is 4.79 Å². The average molecular weight is 795 g/mol. The predicted octanol–water partition coefficient (Wildman–Crippen LogP) is 13.8. The van der Waals surface area contributed by atoms with E-state index in [0.717, 1.165) is 90.3 Å². The van der Waals surface area contributed by atoms with Crippen molar-refractivity contribution in [3.63, 3.8) is 0 Å². The van der Waals surface area contributed by atoms with Crippen molar-refractivity contribution in [2.45, 2.75) is 251 Å². The second kappa shape index (κ2) is 37.0. The Labute approximate surface area is 345 Å². The lowest BCUT2D eigenvalue weighted by molar-refractivity contribution is -0.150. The van der Waals surface area contributed by atoms with E-state index in [1.807, 2.05) is 4.90 Å². The van der Waals surface area contributed by atoms with Gasteiger partial charge in [0.25, 0.3) is 5.24 Å². The first-order valence-corrected chi connectivity index (χ1v) is 24.8. The summed E-state index contributed by atoms with van der Waals surface area (Å²) in [5, 5.41) is 0.401. The first kappa shape index (κ1) is 51.7. The number of amides is 1. The van der Waals surface area contributed by atoms with Crippen LogP contribution in [-0.2, 0) is 19.1 Å². The van der Waals surface area contributed by atoms with Crippen molar-refractivity contribution in [2.75, 3.05) is 32.7 Å². The van der Waals surface area contributed by atoms with Crippen LogP contribution in [0.1, 0.15) is 234 Å². The molecule has 0 aromatic carbocycles. The third-order valence-corrected chi connectivity index (χ3v) is 12.7. The van der Waals surface area contributed by atoms with E-state index < -0.39 is 0 Å². The summed E-state index contributed by atoms with van der Waals surface area (Å²) in [7, 11) is 0. The maximum atomic E-state index is 13.8. The average Bonchev–Trinajstić information content (AvgIpc) is 3.41. The van der Waals surface area contributed by atoms with Gasteiger partial charge in [0.15, 0.2) is 0 Å². The zero-order chi connectivity index (χ0) is 40.2. The van der Waals surface area contributed by atoms with Crippen LogP contribution in [0.2, 0.25) is 0 Å².